The molecule has 0 spiro atoms. The number of aromatic amines is 1. The first-order valence-corrected chi connectivity index (χ1v) is 6.20. The van der Waals surface area contributed by atoms with Crippen LogP contribution in [0, 0.1) is 0 Å². The average Bonchev–Trinajstić information content (AvgIpc) is 2.79. The minimum atomic E-state index is -0.225. The number of aromatic nitrogens is 3. The number of hydrogen-bond acceptors (Lipinski definition) is 3. The summed E-state index contributed by atoms with van der Waals surface area (Å²) in [6.07, 6.45) is 0. The van der Waals surface area contributed by atoms with Crippen molar-refractivity contribution in [2.24, 2.45) is 0 Å². The van der Waals surface area contributed by atoms with Gasteiger partial charge in [-0.2, -0.15) is 5.10 Å². The molecule has 1 aromatic heterocycles. The van der Waals surface area contributed by atoms with E-state index in [-0.39, 0.29) is 5.41 Å². The third kappa shape index (κ3) is 2.23. The largest absolute Gasteiger partial charge is 0.399 e. The van der Waals surface area contributed by atoms with Gasteiger partial charge >= 0.3 is 0 Å². The topological polar surface area (TPSA) is 67.6 Å². The lowest BCUT2D eigenvalue weighted by molar-refractivity contribution is 0.592. The quantitative estimate of drug-likeness (QED) is 0.816. The predicted molar refractivity (Wildman–Crippen MR) is 73.5 cm³/mol. The Kier molecular flexibility index (Phi) is 3.11. The summed E-state index contributed by atoms with van der Waals surface area (Å²) in [7, 11) is 0. The molecule has 0 aliphatic rings. The molecular weight excluding hydrogens is 224 g/mol. The van der Waals surface area contributed by atoms with Gasteiger partial charge in [-0.15, -0.1) is 0 Å². The SMILES string of the molecule is CC(C)c1nc(C(C)(C)c2ccc(N)cc2)n[nH]1. The lowest BCUT2D eigenvalue weighted by Gasteiger charge is -2.21. The van der Waals surface area contributed by atoms with Crippen LogP contribution in [0.1, 0.15) is 50.8 Å². The lowest BCUT2D eigenvalue weighted by Crippen LogP contribution is -2.21. The summed E-state index contributed by atoms with van der Waals surface area (Å²) in [4.78, 5) is 4.58. The molecule has 0 radical (unpaired) electrons. The molecule has 0 fully saturated rings. The molecule has 4 nitrogen and oxygen atoms in total. The first kappa shape index (κ1) is 12.6. The molecule has 0 amide bonds. The van der Waals surface area contributed by atoms with E-state index in [4.69, 9.17) is 5.73 Å². The van der Waals surface area contributed by atoms with Crippen molar-refractivity contribution in [3.05, 3.63) is 41.5 Å². The van der Waals surface area contributed by atoms with E-state index >= 15 is 0 Å². The molecule has 0 aliphatic carbocycles. The first-order valence-electron chi connectivity index (χ1n) is 6.20. The highest BCUT2D eigenvalue weighted by atomic mass is 15.2. The summed E-state index contributed by atoms with van der Waals surface area (Å²) < 4.78 is 0. The van der Waals surface area contributed by atoms with Crippen LogP contribution >= 0.6 is 0 Å². The number of benzene rings is 1. The van der Waals surface area contributed by atoms with Gasteiger partial charge in [0.15, 0.2) is 5.82 Å². The Balaban J connectivity index is 2.37. The molecule has 1 heterocycles. The van der Waals surface area contributed by atoms with Gasteiger partial charge in [0.25, 0.3) is 0 Å². The van der Waals surface area contributed by atoms with Crippen LogP contribution in [0.25, 0.3) is 0 Å². The first-order chi connectivity index (χ1) is 8.41. The maximum absolute atomic E-state index is 5.72. The van der Waals surface area contributed by atoms with E-state index in [0.29, 0.717) is 5.92 Å². The highest BCUT2D eigenvalue weighted by Crippen LogP contribution is 2.29. The van der Waals surface area contributed by atoms with Crippen LogP contribution in [0.3, 0.4) is 0 Å². The fourth-order valence-corrected chi connectivity index (χ4v) is 1.84. The van der Waals surface area contributed by atoms with Crippen LogP contribution in [0.15, 0.2) is 24.3 Å². The van der Waals surface area contributed by atoms with Gasteiger partial charge in [-0.25, -0.2) is 4.98 Å². The second-order valence-electron chi connectivity index (χ2n) is 5.45. The van der Waals surface area contributed by atoms with Crippen molar-refractivity contribution in [3.63, 3.8) is 0 Å². The Labute approximate surface area is 108 Å². The molecule has 96 valence electrons. The van der Waals surface area contributed by atoms with Gasteiger partial charge in [0.1, 0.15) is 5.82 Å². The highest BCUT2D eigenvalue weighted by Gasteiger charge is 2.28. The van der Waals surface area contributed by atoms with Crippen molar-refractivity contribution in [1.29, 1.82) is 0 Å². The molecule has 1 aromatic carbocycles. The molecule has 0 saturated carbocycles. The van der Waals surface area contributed by atoms with Crippen LogP contribution < -0.4 is 5.73 Å². The molecular formula is C14H20N4. The van der Waals surface area contributed by atoms with Crippen LogP contribution in [0.2, 0.25) is 0 Å². The number of nitrogens with one attached hydrogen (secondary N) is 1. The lowest BCUT2D eigenvalue weighted by atomic mass is 9.84. The van der Waals surface area contributed by atoms with E-state index < -0.39 is 0 Å². The summed E-state index contributed by atoms with van der Waals surface area (Å²) in [5.41, 5.74) is 7.42. The third-order valence-electron chi connectivity index (χ3n) is 3.24. The van der Waals surface area contributed by atoms with Crippen LogP contribution in [0.4, 0.5) is 5.69 Å². The third-order valence-corrected chi connectivity index (χ3v) is 3.24. The van der Waals surface area contributed by atoms with Crippen molar-refractivity contribution in [3.8, 4) is 0 Å². The van der Waals surface area contributed by atoms with Crippen LogP contribution in [0.5, 0.6) is 0 Å². The Hall–Kier alpha value is -1.84. The number of H-pyrrole nitrogens is 1. The number of rotatable bonds is 3. The van der Waals surface area contributed by atoms with E-state index in [0.717, 1.165) is 22.9 Å². The summed E-state index contributed by atoms with van der Waals surface area (Å²) in [5.74, 6) is 2.10. The zero-order valence-corrected chi connectivity index (χ0v) is 11.4. The Morgan fingerprint density at radius 2 is 1.78 bits per heavy atom. The molecule has 0 atom stereocenters. The maximum Gasteiger partial charge on any atom is 0.160 e. The Morgan fingerprint density at radius 1 is 1.17 bits per heavy atom. The van der Waals surface area contributed by atoms with E-state index in [1.54, 1.807) is 0 Å². The van der Waals surface area contributed by atoms with Crippen molar-refractivity contribution in [2.45, 2.75) is 39.0 Å². The standard InChI is InChI=1S/C14H20N4/c1-9(2)12-16-13(18-17-12)14(3,4)10-5-7-11(15)8-6-10/h5-9H,15H2,1-4H3,(H,16,17,18). The van der Waals surface area contributed by atoms with Crippen molar-refractivity contribution < 1.29 is 0 Å². The normalized spacial score (nSPS) is 12.1. The van der Waals surface area contributed by atoms with Crippen LogP contribution in [-0.4, -0.2) is 15.2 Å². The minimum Gasteiger partial charge on any atom is -0.399 e. The number of hydrogen-bond donors (Lipinski definition) is 2. The average molecular weight is 244 g/mol. The molecule has 0 bridgehead atoms. The second kappa shape index (κ2) is 4.44. The van der Waals surface area contributed by atoms with E-state index in [1.807, 2.05) is 24.3 Å². The zero-order valence-electron chi connectivity index (χ0n) is 11.4. The number of nitrogens with zero attached hydrogens (tertiary/aromatic N) is 2. The van der Waals surface area contributed by atoms with Crippen molar-refractivity contribution in [2.75, 3.05) is 5.73 Å². The molecule has 4 heteroatoms. The van der Waals surface area contributed by atoms with Gasteiger partial charge < -0.3 is 5.73 Å². The molecule has 0 saturated heterocycles. The summed E-state index contributed by atoms with van der Waals surface area (Å²) >= 11 is 0. The van der Waals surface area contributed by atoms with Gasteiger partial charge in [-0.3, -0.25) is 5.10 Å². The van der Waals surface area contributed by atoms with E-state index in [1.165, 1.54) is 0 Å². The molecule has 3 N–H and O–H groups in total. The summed E-state index contributed by atoms with van der Waals surface area (Å²) in [6.45, 7) is 8.43. The summed E-state index contributed by atoms with van der Waals surface area (Å²) in [6, 6.07) is 7.88. The van der Waals surface area contributed by atoms with Gasteiger partial charge in [-0.05, 0) is 31.5 Å². The predicted octanol–water partition coefficient (Wildman–Crippen LogP) is 2.84. The van der Waals surface area contributed by atoms with Gasteiger partial charge in [0.05, 0.1) is 5.41 Å². The molecule has 2 rings (SSSR count). The van der Waals surface area contributed by atoms with Crippen molar-refractivity contribution in [1.82, 2.24) is 15.2 Å². The Morgan fingerprint density at radius 3 is 2.28 bits per heavy atom. The Bertz CT molecular complexity index is 523. The fraction of sp³-hybridized carbons (Fsp3) is 0.429. The van der Waals surface area contributed by atoms with Gasteiger partial charge in [0, 0.05) is 11.6 Å². The highest BCUT2D eigenvalue weighted by molar-refractivity contribution is 5.42. The maximum atomic E-state index is 5.72. The number of nitrogens with two attached hydrogens (primary N) is 1. The van der Waals surface area contributed by atoms with E-state index in [2.05, 4.69) is 42.9 Å². The fourth-order valence-electron chi connectivity index (χ4n) is 1.84. The number of anilines is 1. The van der Waals surface area contributed by atoms with E-state index in [9.17, 15) is 0 Å². The molecule has 0 aliphatic heterocycles. The number of nitrogen functional groups attached to an aromatic ring is 1. The van der Waals surface area contributed by atoms with Gasteiger partial charge in [0.2, 0.25) is 0 Å². The second-order valence-corrected chi connectivity index (χ2v) is 5.45. The van der Waals surface area contributed by atoms with Crippen molar-refractivity contribution >= 4 is 5.69 Å². The monoisotopic (exact) mass is 244 g/mol. The molecule has 2 aromatic rings. The molecule has 18 heavy (non-hydrogen) atoms. The van der Waals surface area contributed by atoms with Crippen LogP contribution in [-0.2, 0) is 5.41 Å². The molecule has 0 unspecified atom stereocenters. The van der Waals surface area contributed by atoms with Gasteiger partial charge in [-0.1, -0.05) is 26.0 Å². The summed E-state index contributed by atoms with van der Waals surface area (Å²) in [5, 5.41) is 7.35. The zero-order chi connectivity index (χ0) is 13.3. The minimum absolute atomic E-state index is 0.225. The smallest absolute Gasteiger partial charge is 0.160 e.